The van der Waals surface area contributed by atoms with Crippen molar-refractivity contribution >= 4 is 62.9 Å². The van der Waals surface area contributed by atoms with Crippen LogP contribution in [0.5, 0.6) is 0 Å². The molecule has 3 amide bonds. The van der Waals surface area contributed by atoms with Crippen molar-refractivity contribution in [3.05, 3.63) is 147 Å². The van der Waals surface area contributed by atoms with Gasteiger partial charge < -0.3 is 16.0 Å². The second-order valence-electron chi connectivity index (χ2n) is 10.6. The van der Waals surface area contributed by atoms with Gasteiger partial charge in [0.2, 0.25) is 5.91 Å². The van der Waals surface area contributed by atoms with Crippen molar-refractivity contribution in [2.24, 2.45) is 7.05 Å². The molecular formula is C36H32BrN5O4S. The van der Waals surface area contributed by atoms with Crippen LogP contribution in [0.1, 0.15) is 28.5 Å². The van der Waals surface area contributed by atoms with E-state index in [2.05, 4.69) is 31.9 Å². The summed E-state index contributed by atoms with van der Waals surface area (Å²) >= 11 is 4.72. The summed E-state index contributed by atoms with van der Waals surface area (Å²) in [6.07, 6.45) is 1.60. The fourth-order valence-corrected chi connectivity index (χ4v) is 6.09. The lowest BCUT2D eigenvalue weighted by atomic mass is 10.1. The maximum absolute atomic E-state index is 13.5. The molecule has 0 aliphatic heterocycles. The first kappa shape index (κ1) is 33.2. The highest BCUT2D eigenvalue weighted by molar-refractivity contribution is 9.10. The number of amides is 3. The third kappa shape index (κ3) is 8.18. The third-order valence-corrected chi connectivity index (χ3v) is 8.85. The van der Waals surface area contributed by atoms with Gasteiger partial charge in [0, 0.05) is 27.7 Å². The molecule has 1 heterocycles. The van der Waals surface area contributed by atoms with Gasteiger partial charge in [-0.25, -0.2) is 4.68 Å². The molecule has 0 saturated carbocycles. The van der Waals surface area contributed by atoms with Crippen LogP contribution < -0.4 is 21.5 Å². The fraction of sp³-hybridized carbons (Fsp3) is 0.111. The highest BCUT2D eigenvalue weighted by atomic mass is 79.9. The van der Waals surface area contributed by atoms with Crippen LogP contribution in [0.4, 0.5) is 11.4 Å². The molecule has 1 aromatic heterocycles. The topological polar surface area (TPSA) is 114 Å². The number of aromatic nitrogens is 2. The average Bonchev–Trinajstić information content (AvgIpc) is 3.27. The second kappa shape index (κ2) is 15.0. The van der Waals surface area contributed by atoms with Crippen molar-refractivity contribution in [3.8, 4) is 5.69 Å². The number of thioether (sulfide) groups is 1. The van der Waals surface area contributed by atoms with Crippen LogP contribution >= 0.6 is 27.7 Å². The predicted molar refractivity (Wildman–Crippen MR) is 191 cm³/mol. The largest absolute Gasteiger partial charge is 0.321 e. The first-order chi connectivity index (χ1) is 22.6. The van der Waals surface area contributed by atoms with Gasteiger partial charge in [-0.05, 0) is 80.1 Å². The standard InChI is InChI=1S/C36H32BrN5O4S/c1-23-32(36(46)42(41(23)3)29-17-8-5-9-18-29)40-33(43)24(2)47-30-19-11-16-28(22-30)38-35(45)31(21-25-12-10-15-27(37)20-25)39-34(44)26-13-6-4-7-14-26/h4-22,24H,1-3H3,(H,38,45)(H,39,44)(H,40,43)/b31-21+. The van der Waals surface area contributed by atoms with Crippen molar-refractivity contribution in [3.63, 3.8) is 0 Å². The Bertz CT molecular complexity index is 2020. The molecule has 4 aromatic carbocycles. The first-order valence-electron chi connectivity index (χ1n) is 14.7. The molecule has 5 rings (SSSR count). The minimum atomic E-state index is -0.567. The lowest BCUT2D eigenvalue weighted by Crippen LogP contribution is -2.30. The van der Waals surface area contributed by atoms with Crippen molar-refractivity contribution in [2.75, 3.05) is 10.6 Å². The Morgan fingerprint density at radius 3 is 2.23 bits per heavy atom. The van der Waals surface area contributed by atoms with E-state index in [0.29, 0.717) is 28.2 Å². The Morgan fingerprint density at radius 1 is 0.851 bits per heavy atom. The molecule has 0 radical (unpaired) electrons. The summed E-state index contributed by atoms with van der Waals surface area (Å²) in [6.45, 7) is 3.53. The molecule has 0 spiro atoms. The zero-order valence-corrected chi connectivity index (χ0v) is 28.3. The number of carbonyl (C=O) groups is 3. The van der Waals surface area contributed by atoms with E-state index in [1.165, 1.54) is 16.4 Å². The summed E-state index contributed by atoms with van der Waals surface area (Å²) < 4.78 is 4.04. The smallest absolute Gasteiger partial charge is 0.295 e. The maximum Gasteiger partial charge on any atom is 0.295 e. The Morgan fingerprint density at radius 2 is 1.53 bits per heavy atom. The van der Waals surface area contributed by atoms with E-state index in [0.717, 1.165) is 9.37 Å². The zero-order chi connectivity index (χ0) is 33.5. The Balaban J connectivity index is 1.30. The second-order valence-corrected chi connectivity index (χ2v) is 12.9. The third-order valence-electron chi connectivity index (χ3n) is 7.26. The lowest BCUT2D eigenvalue weighted by molar-refractivity contribution is -0.115. The van der Waals surface area contributed by atoms with Gasteiger partial charge in [0.05, 0.1) is 16.6 Å². The molecule has 5 aromatic rings. The quantitative estimate of drug-likeness (QED) is 0.109. The minimum absolute atomic E-state index is 0.0575. The van der Waals surface area contributed by atoms with E-state index in [1.54, 1.807) is 74.1 Å². The molecule has 1 unspecified atom stereocenters. The van der Waals surface area contributed by atoms with Crippen LogP contribution in [0, 0.1) is 6.92 Å². The number of anilines is 2. The summed E-state index contributed by atoms with van der Waals surface area (Å²) in [5, 5.41) is 7.85. The van der Waals surface area contributed by atoms with Crippen molar-refractivity contribution in [2.45, 2.75) is 24.0 Å². The lowest BCUT2D eigenvalue weighted by Gasteiger charge is -2.14. The van der Waals surface area contributed by atoms with Crippen molar-refractivity contribution in [1.82, 2.24) is 14.7 Å². The minimum Gasteiger partial charge on any atom is -0.321 e. The number of rotatable bonds is 10. The van der Waals surface area contributed by atoms with Gasteiger partial charge >= 0.3 is 0 Å². The monoisotopic (exact) mass is 709 g/mol. The van der Waals surface area contributed by atoms with Gasteiger partial charge in [-0.3, -0.25) is 23.9 Å². The summed E-state index contributed by atoms with van der Waals surface area (Å²) in [6, 6.07) is 32.3. The summed E-state index contributed by atoms with van der Waals surface area (Å²) in [5.74, 6) is -1.27. The molecular weight excluding hydrogens is 678 g/mol. The van der Waals surface area contributed by atoms with Crippen LogP contribution in [0.25, 0.3) is 11.8 Å². The van der Waals surface area contributed by atoms with Crippen molar-refractivity contribution in [1.29, 1.82) is 0 Å². The van der Waals surface area contributed by atoms with Crippen LogP contribution in [0.15, 0.2) is 129 Å². The Hall–Kier alpha value is -5.13. The van der Waals surface area contributed by atoms with Gasteiger partial charge in [-0.15, -0.1) is 11.8 Å². The Kier molecular flexibility index (Phi) is 10.6. The molecule has 1 atom stereocenters. The van der Waals surface area contributed by atoms with Crippen LogP contribution in [-0.2, 0) is 16.6 Å². The van der Waals surface area contributed by atoms with Crippen molar-refractivity contribution < 1.29 is 14.4 Å². The molecule has 9 nitrogen and oxygen atoms in total. The molecule has 0 saturated heterocycles. The maximum atomic E-state index is 13.5. The SMILES string of the molecule is Cc1c(NC(=O)C(C)Sc2cccc(NC(=O)/C(=C\c3cccc(Br)c3)NC(=O)c3ccccc3)c2)c(=O)n(-c2ccccc2)n1C. The highest BCUT2D eigenvalue weighted by Gasteiger charge is 2.22. The molecule has 0 aliphatic rings. The molecule has 0 bridgehead atoms. The van der Waals surface area contributed by atoms with E-state index < -0.39 is 17.1 Å². The summed E-state index contributed by atoms with van der Waals surface area (Å²) in [4.78, 5) is 53.7. The number of nitrogens with one attached hydrogen (secondary N) is 3. The zero-order valence-electron chi connectivity index (χ0n) is 25.9. The average molecular weight is 711 g/mol. The highest BCUT2D eigenvalue weighted by Crippen LogP contribution is 2.27. The predicted octanol–water partition coefficient (Wildman–Crippen LogP) is 6.78. The first-order valence-corrected chi connectivity index (χ1v) is 16.3. The van der Waals surface area contributed by atoms with Gasteiger partial charge in [0.15, 0.2) is 0 Å². The molecule has 3 N–H and O–H groups in total. The van der Waals surface area contributed by atoms with E-state index in [-0.39, 0.29) is 22.9 Å². The number of hydrogen-bond donors (Lipinski definition) is 3. The van der Waals surface area contributed by atoms with Crippen LogP contribution in [0.2, 0.25) is 0 Å². The molecule has 238 valence electrons. The van der Waals surface area contributed by atoms with Crippen LogP contribution in [0.3, 0.4) is 0 Å². The molecule has 11 heteroatoms. The fourth-order valence-electron chi connectivity index (χ4n) is 4.75. The van der Waals surface area contributed by atoms with Crippen LogP contribution in [-0.4, -0.2) is 32.3 Å². The van der Waals surface area contributed by atoms with Gasteiger partial charge in [0.25, 0.3) is 17.4 Å². The molecule has 0 aliphatic carbocycles. The number of benzene rings is 4. The Labute approximate surface area is 284 Å². The molecule has 0 fully saturated rings. The van der Waals surface area contributed by atoms with Gasteiger partial charge in [-0.2, -0.15) is 0 Å². The van der Waals surface area contributed by atoms with Gasteiger partial charge in [0.1, 0.15) is 11.4 Å². The summed E-state index contributed by atoms with van der Waals surface area (Å²) in [7, 11) is 1.77. The number of halogens is 1. The van der Waals surface area contributed by atoms with E-state index in [1.807, 2.05) is 66.7 Å². The van der Waals surface area contributed by atoms with E-state index >= 15 is 0 Å². The summed E-state index contributed by atoms with van der Waals surface area (Å²) in [5.41, 5.74) is 2.88. The number of nitrogens with zero attached hydrogens (tertiary/aromatic N) is 2. The van der Waals surface area contributed by atoms with E-state index in [9.17, 15) is 19.2 Å². The molecule has 47 heavy (non-hydrogen) atoms. The van der Waals surface area contributed by atoms with E-state index in [4.69, 9.17) is 0 Å². The number of carbonyl (C=O) groups excluding carboxylic acids is 3. The number of para-hydroxylation sites is 1. The number of hydrogen-bond acceptors (Lipinski definition) is 5. The van der Waals surface area contributed by atoms with Gasteiger partial charge in [-0.1, -0.05) is 70.5 Å². The normalized spacial score (nSPS) is 11.9.